The Kier molecular flexibility index (Phi) is 3.41. The number of rotatable bonds is 2. The molecule has 0 saturated heterocycles. The maximum Gasteiger partial charge on any atom is 0.261 e. The molecular weight excluding hydrogens is 257 g/mol. The lowest BCUT2D eigenvalue weighted by Gasteiger charge is -2.08. The van der Waals surface area contributed by atoms with E-state index < -0.39 is 28.9 Å². The Morgan fingerprint density at radius 2 is 1.63 bits per heavy atom. The van der Waals surface area contributed by atoms with Crippen molar-refractivity contribution in [3.8, 4) is 0 Å². The predicted octanol–water partition coefficient (Wildman–Crippen LogP) is 2.94. The largest absolute Gasteiger partial charge is 0.399 e. The van der Waals surface area contributed by atoms with Crippen LogP contribution in [0.5, 0.6) is 0 Å². The van der Waals surface area contributed by atoms with Gasteiger partial charge in [0.05, 0.1) is 5.69 Å². The lowest BCUT2D eigenvalue weighted by molar-refractivity contribution is 0.101. The van der Waals surface area contributed by atoms with E-state index in [2.05, 4.69) is 5.32 Å². The van der Waals surface area contributed by atoms with Crippen LogP contribution in [0.2, 0.25) is 0 Å². The van der Waals surface area contributed by atoms with Crippen molar-refractivity contribution in [1.29, 1.82) is 0 Å². The summed E-state index contributed by atoms with van der Waals surface area (Å²) in [5.74, 6) is -3.90. The number of amides is 1. The minimum Gasteiger partial charge on any atom is -0.399 e. The lowest BCUT2D eigenvalue weighted by Crippen LogP contribution is -2.16. The molecule has 3 nitrogen and oxygen atoms in total. The van der Waals surface area contributed by atoms with Gasteiger partial charge in [0.25, 0.3) is 5.91 Å². The molecule has 2 aromatic rings. The Labute approximate surface area is 106 Å². The summed E-state index contributed by atoms with van der Waals surface area (Å²) in [6.45, 7) is 0. The summed E-state index contributed by atoms with van der Waals surface area (Å²) < 4.78 is 40.2. The van der Waals surface area contributed by atoms with Crippen molar-refractivity contribution >= 4 is 17.3 Å². The molecular formula is C13H9F3N2O. The van der Waals surface area contributed by atoms with Crippen molar-refractivity contribution in [3.05, 3.63) is 59.4 Å². The van der Waals surface area contributed by atoms with E-state index >= 15 is 0 Å². The van der Waals surface area contributed by atoms with Crippen LogP contribution in [-0.2, 0) is 0 Å². The second-order valence-electron chi connectivity index (χ2n) is 3.79. The minimum absolute atomic E-state index is 0.174. The standard InChI is InChI=1S/C13H9F3N2O/c14-8-2-1-3-9(15)12(8)13(19)18-11-5-4-7(17)6-10(11)16/h1-6H,17H2,(H,18,19). The van der Waals surface area contributed by atoms with Gasteiger partial charge in [0.1, 0.15) is 23.0 Å². The summed E-state index contributed by atoms with van der Waals surface area (Å²) in [6.07, 6.45) is 0. The molecule has 0 aliphatic rings. The lowest BCUT2D eigenvalue weighted by atomic mass is 10.1. The number of halogens is 3. The number of carbonyl (C=O) groups excluding carboxylic acids is 1. The van der Waals surface area contributed by atoms with E-state index in [1.54, 1.807) is 0 Å². The van der Waals surface area contributed by atoms with Crippen LogP contribution in [0, 0.1) is 17.5 Å². The van der Waals surface area contributed by atoms with Gasteiger partial charge < -0.3 is 11.1 Å². The van der Waals surface area contributed by atoms with Gasteiger partial charge >= 0.3 is 0 Å². The van der Waals surface area contributed by atoms with Crippen molar-refractivity contribution in [2.24, 2.45) is 0 Å². The van der Waals surface area contributed by atoms with E-state index in [1.807, 2.05) is 0 Å². The average molecular weight is 266 g/mol. The van der Waals surface area contributed by atoms with Crippen molar-refractivity contribution in [2.75, 3.05) is 11.1 Å². The molecule has 0 spiro atoms. The van der Waals surface area contributed by atoms with Gasteiger partial charge in [-0.2, -0.15) is 0 Å². The molecule has 6 heteroatoms. The zero-order valence-corrected chi connectivity index (χ0v) is 9.58. The van der Waals surface area contributed by atoms with E-state index in [-0.39, 0.29) is 11.4 Å². The predicted molar refractivity (Wildman–Crippen MR) is 65.1 cm³/mol. The number of carbonyl (C=O) groups is 1. The molecule has 0 aliphatic carbocycles. The summed E-state index contributed by atoms with van der Waals surface area (Å²) in [7, 11) is 0. The first-order valence-electron chi connectivity index (χ1n) is 5.29. The fourth-order valence-electron chi connectivity index (χ4n) is 1.53. The van der Waals surface area contributed by atoms with Crippen LogP contribution in [0.3, 0.4) is 0 Å². The minimum atomic E-state index is -1.07. The average Bonchev–Trinajstić information content (AvgIpc) is 2.32. The van der Waals surface area contributed by atoms with Gasteiger partial charge in [0, 0.05) is 5.69 Å². The first-order chi connectivity index (χ1) is 8.99. The first kappa shape index (κ1) is 12.9. The van der Waals surface area contributed by atoms with Crippen molar-refractivity contribution in [3.63, 3.8) is 0 Å². The number of nitrogen functional groups attached to an aromatic ring is 1. The molecule has 0 atom stereocenters. The van der Waals surface area contributed by atoms with Gasteiger partial charge in [-0.3, -0.25) is 4.79 Å². The zero-order chi connectivity index (χ0) is 14.0. The molecule has 2 rings (SSSR count). The molecule has 19 heavy (non-hydrogen) atoms. The number of nitrogens with two attached hydrogens (primary N) is 1. The highest BCUT2D eigenvalue weighted by atomic mass is 19.1. The Morgan fingerprint density at radius 1 is 1.00 bits per heavy atom. The van der Waals surface area contributed by atoms with E-state index in [4.69, 9.17) is 5.73 Å². The fourth-order valence-corrected chi connectivity index (χ4v) is 1.53. The zero-order valence-electron chi connectivity index (χ0n) is 9.58. The highest BCUT2D eigenvalue weighted by Gasteiger charge is 2.18. The SMILES string of the molecule is Nc1ccc(NC(=O)c2c(F)cccc2F)c(F)c1. The maximum atomic E-state index is 13.4. The smallest absolute Gasteiger partial charge is 0.261 e. The Bertz CT molecular complexity index is 624. The molecule has 98 valence electrons. The molecule has 0 aliphatic heterocycles. The van der Waals surface area contributed by atoms with E-state index in [9.17, 15) is 18.0 Å². The fraction of sp³-hybridized carbons (Fsp3) is 0. The van der Waals surface area contributed by atoms with Crippen molar-refractivity contribution in [2.45, 2.75) is 0 Å². The van der Waals surface area contributed by atoms with Crippen LogP contribution in [-0.4, -0.2) is 5.91 Å². The van der Waals surface area contributed by atoms with Crippen LogP contribution < -0.4 is 11.1 Å². The summed E-state index contributed by atoms with van der Waals surface area (Å²) >= 11 is 0. The van der Waals surface area contributed by atoms with E-state index in [1.165, 1.54) is 12.1 Å². The third-order valence-corrected chi connectivity index (χ3v) is 2.43. The summed E-state index contributed by atoms with van der Waals surface area (Å²) in [4.78, 5) is 11.7. The van der Waals surface area contributed by atoms with Crippen LogP contribution in [0.15, 0.2) is 36.4 Å². The molecule has 0 unspecified atom stereocenters. The van der Waals surface area contributed by atoms with Gasteiger partial charge in [0.2, 0.25) is 0 Å². The monoisotopic (exact) mass is 266 g/mol. The summed E-state index contributed by atoms with van der Waals surface area (Å²) in [6, 6.07) is 6.57. The molecule has 0 fully saturated rings. The second kappa shape index (κ2) is 5.01. The third-order valence-electron chi connectivity index (χ3n) is 2.43. The molecule has 0 aromatic heterocycles. The molecule has 3 N–H and O–H groups in total. The van der Waals surface area contributed by atoms with Gasteiger partial charge in [-0.25, -0.2) is 13.2 Å². The van der Waals surface area contributed by atoms with Crippen LogP contribution in [0.4, 0.5) is 24.5 Å². The van der Waals surface area contributed by atoms with Gasteiger partial charge in [-0.05, 0) is 30.3 Å². The molecule has 0 saturated carbocycles. The maximum absolute atomic E-state index is 13.4. The van der Waals surface area contributed by atoms with Crippen LogP contribution in [0.25, 0.3) is 0 Å². The van der Waals surface area contributed by atoms with Crippen LogP contribution in [0.1, 0.15) is 10.4 Å². The first-order valence-corrected chi connectivity index (χ1v) is 5.29. The van der Waals surface area contributed by atoms with Crippen molar-refractivity contribution in [1.82, 2.24) is 0 Å². The third kappa shape index (κ3) is 2.67. The summed E-state index contributed by atoms with van der Waals surface area (Å²) in [5, 5.41) is 2.09. The van der Waals surface area contributed by atoms with E-state index in [0.29, 0.717) is 0 Å². The number of hydrogen-bond acceptors (Lipinski definition) is 2. The highest BCUT2D eigenvalue weighted by Crippen LogP contribution is 2.19. The Morgan fingerprint density at radius 3 is 2.21 bits per heavy atom. The molecule has 0 heterocycles. The normalized spacial score (nSPS) is 10.3. The van der Waals surface area contributed by atoms with Gasteiger partial charge in [0.15, 0.2) is 0 Å². The van der Waals surface area contributed by atoms with Crippen LogP contribution >= 0.6 is 0 Å². The van der Waals surface area contributed by atoms with Crippen molar-refractivity contribution < 1.29 is 18.0 Å². The number of anilines is 2. The Balaban J connectivity index is 2.31. The number of hydrogen-bond donors (Lipinski definition) is 2. The molecule has 0 radical (unpaired) electrons. The van der Waals surface area contributed by atoms with E-state index in [0.717, 1.165) is 24.3 Å². The quantitative estimate of drug-likeness (QED) is 0.821. The molecule has 1 amide bonds. The molecule has 2 aromatic carbocycles. The Hall–Kier alpha value is -2.50. The second-order valence-corrected chi connectivity index (χ2v) is 3.79. The van der Waals surface area contributed by atoms with Gasteiger partial charge in [-0.1, -0.05) is 6.07 Å². The summed E-state index contributed by atoms with van der Waals surface area (Å²) in [5.41, 5.74) is 4.55. The number of nitrogens with one attached hydrogen (secondary N) is 1. The van der Waals surface area contributed by atoms with Gasteiger partial charge in [-0.15, -0.1) is 0 Å². The topological polar surface area (TPSA) is 55.1 Å². The number of benzene rings is 2. The highest BCUT2D eigenvalue weighted by molar-refractivity contribution is 6.04. The molecule has 0 bridgehead atoms.